The van der Waals surface area contributed by atoms with Gasteiger partial charge < -0.3 is 4.55 Å². The Balaban J connectivity index is 2.38. The molecule has 2 unspecified atom stereocenters. The van der Waals surface area contributed by atoms with E-state index < -0.39 is 22.3 Å². The zero-order valence-electron chi connectivity index (χ0n) is 11.4. The Labute approximate surface area is 120 Å². The molecule has 0 bridgehead atoms. The first-order valence-electron chi connectivity index (χ1n) is 6.38. The molecule has 5 heteroatoms. The van der Waals surface area contributed by atoms with Crippen LogP contribution in [0.5, 0.6) is 0 Å². The van der Waals surface area contributed by atoms with Crippen molar-refractivity contribution in [1.29, 1.82) is 0 Å². The van der Waals surface area contributed by atoms with Crippen LogP contribution in [-0.4, -0.2) is 20.9 Å². The highest BCUT2D eigenvalue weighted by Gasteiger charge is 2.35. The fourth-order valence-electron chi connectivity index (χ4n) is 2.15. The first kappa shape index (κ1) is 14.8. The molecule has 0 radical (unpaired) electrons. The molecule has 0 aliphatic carbocycles. The predicted octanol–water partition coefficient (Wildman–Crippen LogP) is 2.48. The summed E-state index contributed by atoms with van der Waals surface area (Å²) in [5.74, 6) is -0.763. The Kier molecular flexibility index (Phi) is 4.65. The molecule has 0 aliphatic heterocycles. The molecule has 4 nitrogen and oxygen atoms in total. The average molecular weight is 291 g/mol. The lowest BCUT2D eigenvalue weighted by Gasteiger charge is -2.22. The first-order chi connectivity index (χ1) is 9.54. The first-order valence-corrected chi connectivity index (χ1v) is 7.59. The number of carbonyl (C=O) groups is 1. The normalized spacial score (nSPS) is 14.2. The van der Waals surface area contributed by atoms with Crippen LogP contribution in [0.3, 0.4) is 0 Å². The summed E-state index contributed by atoms with van der Waals surface area (Å²) in [6.07, 6.45) is 0. The molecule has 0 heterocycles. The van der Waals surface area contributed by atoms with Crippen molar-refractivity contribution in [2.24, 2.45) is 5.92 Å². The van der Waals surface area contributed by atoms with Crippen LogP contribution in [0, 0.1) is 5.92 Å². The van der Waals surface area contributed by atoms with Crippen LogP contribution in [0.15, 0.2) is 47.4 Å². The Morgan fingerprint density at radius 2 is 1.85 bits per heavy atom. The topological polar surface area (TPSA) is 72.4 Å². The van der Waals surface area contributed by atoms with Crippen LogP contribution in [-0.2, 0) is 16.0 Å². The number of fused-ring (bicyclic) bond motifs is 1. The van der Waals surface area contributed by atoms with Crippen molar-refractivity contribution in [3.8, 4) is 0 Å². The minimum Gasteiger partial charge on any atom is -0.611 e. The van der Waals surface area contributed by atoms with Crippen molar-refractivity contribution in [1.82, 2.24) is 5.48 Å². The van der Waals surface area contributed by atoms with Crippen molar-refractivity contribution in [2.45, 2.75) is 24.0 Å². The van der Waals surface area contributed by atoms with Gasteiger partial charge in [0.15, 0.2) is 4.90 Å². The number of hydroxylamine groups is 1. The highest BCUT2D eigenvalue weighted by Crippen LogP contribution is 2.25. The van der Waals surface area contributed by atoms with Crippen LogP contribution in [0.4, 0.5) is 0 Å². The Morgan fingerprint density at radius 3 is 2.45 bits per heavy atom. The molecule has 0 saturated heterocycles. The summed E-state index contributed by atoms with van der Waals surface area (Å²) in [4.78, 5) is 12.3. The van der Waals surface area contributed by atoms with Gasteiger partial charge in [0.2, 0.25) is 5.25 Å². The summed E-state index contributed by atoms with van der Waals surface area (Å²) >= 11 is -1.51. The van der Waals surface area contributed by atoms with E-state index in [0.29, 0.717) is 4.90 Å². The minimum absolute atomic E-state index is 0.144. The third-order valence-electron chi connectivity index (χ3n) is 3.16. The zero-order valence-corrected chi connectivity index (χ0v) is 12.2. The predicted molar refractivity (Wildman–Crippen MR) is 78.9 cm³/mol. The summed E-state index contributed by atoms with van der Waals surface area (Å²) in [5, 5.41) is 10.0. The van der Waals surface area contributed by atoms with Gasteiger partial charge in [-0.2, -0.15) is 0 Å². The SMILES string of the molecule is CC(C)C(C(=O)NO)[S+]([O-])c1ccc2ccccc2c1. The molecular weight excluding hydrogens is 274 g/mol. The lowest BCUT2D eigenvalue weighted by atomic mass is 10.1. The maximum Gasteiger partial charge on any atom is 0.297 e. The van der Waals surface area contributed by atoms with E-state index in [4.69, 9.17) is 5.21 Å². The molecule has 2 rings (SSSR count). The van der Waals surface area contributed by atoms with Crippen LogP contribution >= 0.6 is 0 Å². The monoisotopic (exact) mass is 291 g/mol. The maximum absolute atomic E-state index is 12.6. The number of carbonyl (C=O) groups excluding carboxylic acids is 1. The van der Waals surface area contributed by atoms with Gasteiger partial charge in [-0.05, 0) is 34.1 Å². The molecule has 1 amide bonds. The second-order valence-electron chi connectivity index (χ2n) is 4.95. The Hall–Kier alpha value is -1.56. The van der Waals surface area contributed by atoms with E-state index in [1.165, 1.54) is 0 Å². The van der Waals surface area contributed by atoms with Gasteiger partial charge in [-0.25, -0.2) is 5.48 Å². The smallest absolute Gasteiger partial charge is 0.297 e. The van der Waals surface area contributed by atoms with Crippen LogP contribution in [0.1, 0.15) is 13.8 Å². The van der Waals surface area contributed by atoms with E-state index in [1.54, 1.807) is 25.4 Å². The molecule has 0 aliphatic rings. The molecule has 2 N–H and O–H groups in total. The van der Waals surface area contributed by atoms with Crippen LogP contribution in [0.2, 0.25) is 0 Å². The van der Waals surface area contributed by atoms with E-state index in [0.717, 1.165) is 10.8 Å². The Bertz CT molecular complexity index is 615. The van der Waals surface area contributed by atoms with Gasteiger partial charge in [0.25, 0.3) is 5.91 Å². The third-order valence-corrected chi connectivity index (χ3v) is 5.10. The largest absolute Gasteiger partial charge is 0.611 e. The average Bonchev–Trinajstić information content (AvgIpc) is 2.46. The lowest BCUT2D eigenvalue weighted by Crippen LogP contribution is -2.41. The molecule has 20 heavy (non-hydrogen) atoms. The molecule has 2 aromatic carbocycles. The van der Waals surface area contributed by atoms with Gasteiger partial charge in [-0.1, -0.05) is 38.1 Å². The van der Waals surface area contributed by atoms with Gasteiger partial charge in [-0.15, -0.1) is 0 Å². The molecule has 0 aromatic heterocycles. The number of benzene rings is 2. The fraction of sp³-hybridized carbons (Fsp3) is 0.267. The minimum atomic E-state index is -1.51. The number of amides is 1. The molecule has 0 saturated carbocycles. The van der Waals surface area contributed by atoms with Gasteiger partial charge in [0.05, 0.1) is 0 Å². The van der Waals surface area contributed by atoms with E-state index in [9.17, 15) is 9.35 Å². The number of nitrogens with one attached hydrogen (secondary N) is 1. The van der Waals surface area contributed by atoms with Gasteiger partial charge in [-0.3, -0.25) is 10.0 Å². The quantitative estimate of drug-likeness (QED) is 0.516. The van der Waals surface area contributed by atoms with E-state index in [2.05, 4.69) is 0 Å². The van der Waals surface area contributed by atoms with Crippen molar-refractivity contribution >= 4 is 27.9 Å². The van der Waals surface area contributed by atoms with E-state index >= 15 is 0 Å². The van der Waals surface area contributed by atoms with Crippen molar-refractivity contribution < 1.29 is 14.6 Å². The summed E-state index contributed by atoms with van der Waals surface area (Å²) in [7, 11) is 0. The number of rotatable bonds is 4. The highest BCUT2D eigenvalue weighted by atomic mass is 32.2. The van der Waals surface area contributed by atoms with Crippen LogP contribution < -0.4 is 5.48 Å². The van der Waals surface area contributed by atoms with Gasteiger partial charge >= 0.3 is 0 Å². The standard InChI is InChI=1S/C15H17NO3S/c1-10(2)14(15(17)16-18)20(19)13-8-7-11-5-3-4-6-12(11)9-13/h3-10,14,18H,1-2H3,(H,16,17). The van der Waals surface area contributed by atoms with Crippen molar-refractivity contribution in [3.63, 3.8) is 0 Å². The fourth-order valence-corrected chi connectivity index (χ4v) is 3.63. The Morgan fingerprint density at radius 1 is 1.20 bits per heavy atom. The lowest BCUT2D eigenvalue weighted by molar-refractivity contribution is -0.129. The second-order valence-corrected chi connectivity index (χ2v) is 6.52. The highest BCUT2D eigenvalue weighted by molar-refractivity contribution is 7.92. The summed E-state index contributed by atoms with van der Waals surface area (Å²) in [6.45, 7) is 3.61. The van der Waals surface area contributed by atoms with E-state index in [1.807, 2.05) is 36.4 Å². The van der Waals surface area contributed by atoms with Crippen LogP contribution in [0.25, 0.3) is 10.8 Å². The summed E-state index contributed by atoms with van der Waals surface area (Å²) < 4.78 is 12.6. The molecule has 2 atom stereocenters. The summed E-state index contributed by atoms with van der Waals surface area (Å²) in [5.41, 5.74) is 1.60. The molecular formula is C15H17NO3S. The summed E-state index contributed by atoms with van der Waals surface area (Å²) in [6, 6.07) is 13.2. The molecule has 0 fully saturated rings. The third kappa shape index (κ3) is 2.95. The second kappa shape index (κ2) is 6.26. The number of hydrogen-bond acceptors (Lipinski definition) is 3. The van der Waals surface area contributed by atoms with Gasteiger partial charge in [0, 0.05) is 12.0 Å². The zero-order chi connectivity index (χ0) is 14.7. The molecule has 106 valence electrons. The van der Waals surface area contributed by atoms with E-state index in [-0.39, 0.29) is 5.92 Å². The van der Waals surface area contributed by atoms with Gasteiger partial charge in [0.1, 0.15) is 0 Å². The molecule has 0 spiro atoms. The van der Waals surface area contributed by atoms with Crippen molar-refractivity contribution in [3.05, 3.63) is 42.5 Å². The number of hydrogen-bond donors (Lipinski definition) is 2. The molecule has 2 aromatic rings. The maximum atomic E-state index is 12.6. The van der Waals surface area contributed by atoms with Crippen molar-refractivity contribution in [2.75, 3.05) is 0 Å².